The van der Waals surface area contributed by atoms with Crippen LogP contribution < -0.4 is 10.6 Å². The van der Waals surface area contributed by atoms with Gasteiger partial charge in [0, 0.05) is 12.6 Å². The number of hydrogen-bond acceptors (Lipinski definition) is 4. The zero-order valence-electron chi connectivity index (χ0n) is 12.1. The van der Waals surface area contributed by atoms with Crippen LogP contribution in [0.5, 0.6) is 0 Å². The number of anilines is 1. The lowest BCUT2D eigenvalue weighted by atomic mass is 9.77. The van der Waals surface area contributed by atoms with Crippen LogP contribution >= 0.6 is 15.9 Å². The maximum atomic E-state index is 13.4. The van der Waals surface area contributed by atoms with E-state index in [9.17, 15) is 14.5 Å². The Hall–Kier alpha value is -1.21. The first-order chi connectivity index (χ1) is 9.81. The number of nitro benzene ring substituents is 1. The van der Waals surface area contributed by atoms with Gasteiger partial charge in [-0.2, -0.15) is 0 Å². The molecule has 0 aliphatic carbocycles. The van der Waals surface area contributed by atoms with E-state index in [1.807, 2.05) is 0 Å². The van der Waals surface area contributed by atoms with Crippen LogP contribution in [0.15, 0.2) is 16.6 Å². The Kier molecular flexibility index (Phi) is 4.83. The number of benzene rings is 1. The molecule has 0 bridgehead atoms. The average molecular weight is 360 g/mol. The first kappa shape index (κ1) is 16.2. The Balaban J connectivity index is 2.16. The van der Waals surface area contributed by atoms with E-state index in [0.29, 0.717) is 12.2 Å². The molecule has 1 heterocycles. The summed E-state index contributed by atoms with van der Waals surface area (Å²) in [7, 11) is 0. The Morgan fingerprint density at radius 2 is 2.29 bits per heavy atom. The standard InChI is InChI=1S/C14H19BrFN3O2/c1-14(2)4-3-5-17-13(14)8-18-11-6-9(15)10(16)7-12(11)19(20)21/h6-7,13,17-18H,3-5,8H2,1-2H3. The molecule has 2 rings (SSSR count). The Morgan fingerprint density at radius 3 is 2.90 bits per heavy atom. The molecule has 1 aliphatic rings. The van der Waals surface area contributed by atoms with Gasteiger partial charge in [-0.1, -0.05) is 13.8 Å². The van der Waals surface area contributed by atoms with Crippen molar-refractivity contribution in [2.24, 2.45) is 5.41 Å². The molecule has 0 saturated carbocycles. The predicted octanol–water partition coefficient (Wildman–Crippen LogP) is 3.69. The van der Waals surface area contributed by atoms with Crippen LogP contribution in [0.3, 0.4) is 0 Å². The summed E-state index contributed by atoms with van der Waals surface area (Å²) in [6.07, 6.45) is 2.24. The lowest BCUT2D eigenvalue weighted by Gasteiger charge is -2.39. The van der Waals surface area contributed by atoms with Gasteiger partial charge in [-0.05, 0) is 46.8 Å². The van der Waals surface area contributed by atoms with E-state index in [2.05, 4.69) is 40.4 Å². The third-order valence-corrected chi connectivity index (χ3v) is 4.67. The molecule has 1 aliphatic heterocycles. The largest absolute Gasteiger partial charge is 0.378 e. The zero-order valence-corrected chi connectivity index (χ0v) is 13.7. The molecule has 1 aromatic carbocycles. The van der Waals surface area contributed by atoms with Gasteiger partial charge >= 0.3 is 0 Å². The highest BCUT2D eigenvalue weighted by molar-refractivity contribution is 9.10. The minimum atomic E-state index is -0.636. The summed E-state index contributed by atoms with van der Waals surface area (Å²) in [6, 6.07) is 2.57. The minimum absolute atomic E-state index is 0.122. The maximum Gasteiger partial charge on any atom is 0.295 e. The second-order valence-electron chi connectivity index (χ2n) is 6.02. The van der Waals surface area contributed by atoms with E-state index in [1.165, 1.54) is 6.07 Å². The molecule has 1 atom stereocenters. The first-order valence-corrected chi connectivity index (χ1v) is 7.71. The van der Waals surface area contributed by atoms with Crippen molar-refractivity contribution >= 4 is 27.3 Å². The van der Waals surface area contributed by atoms with Gasteiger partial charge in [0.2, 0.25) is 0 Å². The number of halogens is 2. The summed E-state index contributed by atoms with van der Waals surface area (Å²) in [4.78, 5) is 10.5. The first-order valence-electron chi connectivity index (χ1n) is 6.92. The van der Waals surface area contributed by atoms with Crippen LogP contribution in [0.4, 0.5) is 15.8 Å². The summed E-state index contributed by atoms with van der Waals surface area (Å²) >= 11 is 3.06. The fraction of sp³-hybridized carbons (Fsp3) is 0.571. The highest BCUT2D eigenvalue weighted by Crippen LogP contribution is 2.33. The number of hydrogen-bond donors (Lipinski definition) is 2. The summed E-state index contributed by atoms with van der Waals surface area (Å²) in [5.41, 5.74) is 0.206. The molecule has 5 nitrogen and oxygen atoms in total. The van der Waals surface area contributed by atoms with Crippen molar-refractivity contribution in [3.05, 3.63) is 32.5 Å². The van der Waals surface area contributed by atoms with E-state index in [-0.39, 0.29) is 21.6 Å². The molecule has 0 radical (unpaired) electrons. The Morgan fingerprint density at radius 1 is 1.57 bits per heavy atom. The molecule has 21 heavy (non-hydrogen) atoms. The molecule has 0 amide bonds. The molecular formula is C14H19BrFN3O2. The lowest BCUT2D eigenvalue weighted by Crippen LogP contribution is -2.50. The molecule has 2 N–H and O–H groups in total. The fourth-order valence-corrected chi connectivity index (χ4v) is 3.00. The van der Waals surface area contributed by atoms with Crippen molar-refractivity contribution < 1.29 is 9.31 Å². The predicted molar refractivity (Wildman–Crippen MR) is 84.0 cm³/mol. The van der Waals surface area contributed by atoms with Crippen LogP contribution in [0.1, 0.15) is 26.7 Å². The van der Waals surface area contributed by atoms with E-state index in [4.69, 9.17) is 0 Å². The molecule has 1 fully saturated rings. The van der Waals surface area contributed by atoms with Gasteiger partial charge in [0.15, 0.2) is 0 Å². The van der Waals surface area contributed by atoms with Gasteiger partial charge in [0.25, 0.3) is 5.69 Å². The number of nitrogens with one attached hydrogen (secondary N) is 2. The normalized spacial score (nSPS) is 21.0. The van der Waals surface area contributed by atoms with Crippen LogP contribution in [0, 0.1) is 21.3 Å². The molecule has 1 saturated heterocycles. The second kappa shape index (κ2) is 6.27. The second-order valence-corrected chi connectivity index (χ2v) is 6.87. The summed E-state index contributed by atoms with van der Waals surface area (Å²) in [5.74, 6) is -0.636. The fourth-order valence-electron chi connectivity index (χ4n) is 2.66. The molecule has 1 unspecified atom stereocenters. The van der Waals surface area contributed by atoms with E-state index >= 15 is 0 Å². The van der Waals surface area contributed by atoms with Gasteiger partial charge < -0.3 is 10.6 Å². The highest BCUT2D eigenvalue weighted by atomic mass is 79.9. The molecule has 0 aromatic heterocycles. The summed E-state index contributed by atoms with van der Waals surface area (Å²) in [5, 5.41) is 17.6. The smallest absolute Gasteiger partial charge is 0.295 e. The minimum Gasteiger partial charge on any atom is -0.378 e. The van der Waals surface area contributed by atoms with Crippen molar-refractivity contribution in [3.8, 4) is 0 Å². The van der Waals surface area contributed by atoms with E-state index in [1.54, 1.807) is 0 Å². The lowest BCUT2D eigenvalue weighted by molar-refractivity contribution is -0.384. The van der Waals surface area contributed by atoms with Crippen LogP contribution in [-0.4, -0.2) is 24.1 Å². The maximum absolute atomic E-state index is 13.4. The van der Waals surface area contributed by atoms with Crippen molar-refractivity contribution in [2.75, 3.05) is 18.4 Å². The third kappa shape index (κ3) is 3.71. The molecule has 7 heteroatoms. The molecule has 0 spiro atoms. The highest BCUT2D eigenvalue weighted by Gasteiger charge is 2.32. The molecule has 116 valence electrons. The van der Waals surface area contributed by atoms with E-state index in [0.717, 1.165) is 25.5 Å². The van der Waals surface area contributed by atoms with Crippen molar-refractivity contribution in [1.29, 1.82) is 0 Å². The topological polar surface area (TPSA) is 67.2 Å². The van der Waals surface area contributed by atoms with Crippen molar-refractivity contribution in [2.45, 2.75) is 32.7 Å². The van der Waals surface area contributed by atoms with E-state index < -0.39 is 10.7 Å². The summed E-state index contributed by atoms with van der Waals surface area (Å²) < 4.78 is 13.7. The number of rotatable bonds is 4. The SMILES string of the molecule is CC1(C)CCCNC1CNc1cc(Br)c(F)cc1[N+](=O)[O-]. The van der Waals surface area contributed by atoms with Crippen LogP contribution in [-0.2, 0) is 0 Å². The molecular weight excluding hydrogens is 341 g/mol. The van der Waals surface area contributed by atoms with Gasteiger partial charge in [-0.3, -0.25) is 10.1 Å². The quantitative estimate of drug-likeness (QED) is 0.635. The van der Waals surface area contributed by atoms with Crippen molar-refractivity contribution in [3.63, 3.8) is 0 Å². The Bertz CT molecular complexity index is 551. The number of nitrogens with zero attached hydrogens (tertiary/aromatic N) is 1. The number of nitro groups is 1. The van der Waals surface area contributed by atoms with Crippen LogP contribution in [0.25, 0.3) is 0 Å². The van der Waals surface area contributed by atoms with Gasteiger partial charge in [0.1, 0.15) is 11.5 Å². The zero-order chi connectivity index (χ0) is 15.6. The summed E-state index contributed by atoms with van der Waals surface area (Å²) in [6.45, 7) is 5.87. The average Bonchev–Trinajstić information content (AvgIpc) is 2.40. The van der Waals surface area contributed by atoms with Crippen LogP contribution in [0.2, 0.25) is 0 Å². The van der Waals surface area contributed by atoms with Gasteiger partial charge in [-0.15, -0.1) is 0 Å². The third-order valence-electron chi connectivity index (χ3n) is 4.06. The molecule has 1 aromatic rings. The van der Waals surface area contributed by atoms with Crippen molar-refractivity contribution in [1.82, 2.24) is 5.32 Å². The number of piperidine rings is 1. The monoisotopic (exact) mass is 359 g/mol. The Labute approximate surface area is 131 Å². The van der Waals surface area contributed by atoms with Gasteiger partial charge in [-0.25, -0.2) is 4.39 Å². The van der Waals surface area contributed by atoms with Gasteiger partial charge in [0.05, 0.1) is 15.5 Å².